The van der Waals surface area contributed by atoms with E-state index in [1.807, 2.05) is 48.5 Å². The van der Waals surface area contributed by atoms with Crippen molar-refractivity contribution in [2.45, 2.75) is 43.1 Å². The molecule has 5 nitrogen and oxygen atoms in total. The zero-order valence-electron chi connectivity index (χ0n) is 17.9. The van der Waals surface area contributed by atoms with Crippen molar-refractivity contribution in [3.63, 3.8) is 0 Å². The summed E-state index contributed by atoms with van der Waals surface area (Å²) in [6.07, 6.45) is -2.27. The number of benzene rings is 3. The van der Waals surface area contributed by atoms with E-state index in [1.165, 1.54) is 12.1 Å². The number of halogens is 3. The van der Waals surface area contributed by atoms with Crippen molar-refractivity contribution in [3.05, 3.63) is 88.4 Å². The monoisotopic (exact) mass is 483 g/mol. The van der Waals surface area contributed by atoms with Crippen LogP contribution in [0.25, 0.3) is 0 Å². The first-order valence-corrected chi connectivity index (χ1v) is 11.4. The van der Waals surface area contributed by atoms with Crippen molar-refractivity contribution in [1.82, 2.24) is 5.32 Å². The van der Waals surface area contributed by atoms with Gasteiger partial charge < -0.3 is 19.5 Å². The molecule has 6 rings (SSSR count). The first-order chi connectivity index (χ1) is 16.3. The van der Waals surface area contributed by atoms with Crippen LogP contribution in [0.5, 0.6) is 17.2 Å². The van der Waals surface area contributed by atoms with Crippen LogP contribution in [0.4, 0.5) is 8.78 Å². The van der Waals surface area contributed by atoms with Crippen molar-refractivity contribution in [3.8, 4) is 17.2 Å². The minimum Gasteiger partial charge on any atom is -0.485 e. The van der Waals surface area contributed by atoms with Gasteiger partial charge in [-0.15, -0.1) is 8.78 Å². The van der Waals surface area contributed by atoms with E-state index < -0.39 is 11.7 Å². The van der Waals surface area contributed by atoms with Gasteiger partial charge in [0.2, 0.25) is 5.91 Å². The van der Waals surface area contributed by atoms with Gasteiger partial charge in [0.25, 0.3) is 0 Å². The Morgan fingerprint density at radius 3 is 2.38 bits per heavy atom. The van der Waals surface area contributed by atoms with Crippen LogP contribution in [0.1, 0.15) is 48.1 Å². The molecule has 1 saturated carbocycles. The lowest BCUT2D eigenvalue weighted by Crippen LogP contribution is -2.39. The Kier molecular flexibility index (Phi) is 4.74. The van der Waals surface area contributed by atoms with Crippen molar-refractivity contribution >= 4 is 17.5 Å². The van der Waals surface area contributed by atoms with E-state index in [1.54, 1.807) is 6.07 Å². The third-order valence-corrected chi connectivity index (χ3v) is 7.05. The third kappa shape index (κ3) is 3.55. The molecule has 0 radical (unpaired) electrons. The molecule has 1 N–H and O–H groups in total. The number of alkyl halides is 2. The minimum atomic E-state index is -3.69. The summed E-state index contributed by atoms with van der Waals surface area (Å²) in [7, 11) is 0. The molecule has 1 aliphatic carbocycles. The highest BCUT2D eigenvalue weighted by Gasteiger charge is 2.53. The predicted octanol–water partition coefficient (Wildman–Crippen LogP) is 6.07. The summed E-state index contributed by atoms with van der Waals surface area (Å²) in [5.41, 5.74) is 1.59. The lowest BCUT2D eigenvalue weighted by Gasteiger charge is -2.34. The highest BCUT2D eigenvalue weighted by atomic mass is 35.5. The summed E-state index contributed by atoms with van der Waals surface area (Å²) >= 11 is 6.42. The quantitative estimate of drug-likeness (QED) is 0.489. The zero-order chi connectivity index (χ0) is 23.5. The number of hydrogen-bond acceptors (Lipinski definition) is 4. The summed E-state index contributed by atoms with van der Waals surface area (Å²) in [4.78, 5) is 13.5. The maximum absolute atomic E-state index is 13.5. The summed E-state index contributed by atoms with van der Waals surface area (Å²) < 4.78 is 42.2. The van der Waals surface area contributed by atoms with Crippen molar-refractivity contribution in [2.75, 3.05) is 0 Å². The molecule has 2 unspecified atom stereocenters. The van der Waals surface area contributed by atoms with Gasteiger partial charge in [-0.3, -0.25) is 4.79 Å². The van der Waals surface area contributed by atoms with Crippen LogP contribution in [0, 0.1) is 0 Å². The fourth-order valence-corrected chi connectivity index (χ4v) is 5.05. The van der Waals surface area contributed by atoms with E-state index in [2.05, 4.69) is 14.8 Å². The van der Waals surface area contributed by atoms with Gasteiger partial charge in [-0.25, -0.2) is 0 Å². The van der Waals surface area contributed by atoms with E-state index in [4.69, 9.17) is 16.3 Å². The molecular formula is C26H20ClF2NO4. The molecule has 0 bridgehead atoms. The first-order valence-electron chi connectivity index (χ1n) is 11.1. The van der Waals surface area contributed by atoms with Gasteiger partial charge in [0.05, 0.1) is 11.5 Å². The second kappa shape index (κ2) is 7.60. The van der Waals surface area contributed by atoms with E-state index in [9.17, 15) is 13.6 Å². The topological polar surface area (TPSA) is 56.8 Å². The SMILES string of the molecule is O=C(NC1CC(c2ccccc2Cl)Oc2ccccc21)C1(c2ccc3c(c2)OC(F)(F)O3)CC1. The average molecular weight is 484 g/mol. The van der Waals surface area contributed by atoms with E-state index >= 15 is 0 Å². The second-order valence-electron chi connectivity index (χ2n) is 8.84. The summed E-state index contributed by atoms with van der Waals surface area (Å²) in [6.45, 7) is 0. The maximum atomic E-state index is 13.5. The van der Waals surface area contributed by atoms with Crippen molar-refractivity contribution in [1.29, 1.82) is 0 Å². The lowest BCUT2D eigenvalue weighted by molar-refractivity contribution is -0.286. The predicted molar refractivity (Wildman–Crippen MR) is 120 cm³/mol. The molecule has 34 heavy (non-hydrogen) atoms. The van der Waals surface area contributed by atoms with Gasteiger partial charge in [-0.05, 0) is 42.7 Å². The fourth-order valence-electron chi connectivity index (χ4n) is 4.80. The van der Waals surface area contributed by atoms with Crippen LogP contribution in [-0.2, 0) is 10.2 Å². The first kappa shape index (κ1) is 21.2. The molecule has 3 aliphatic rings. The molecule has 3 aromatic rings. The van der Waals surface area contributed by atoms with Gasteiger partial charge in [0.15, 0.2) is 11.5 Å². The van der Waals surface area contributed by atoms with Gasteiger partial charge >= 0.3 is 6.29 Å². The standard InChI is InChI=1S/C26H20ClF2NO4/c27-18-7-3-1-5-16(18)22-14-19(17-6-2-4-8-20(17)32-22)30-24(31)25(11-12-25)15-9-10-21-23(13-15)34-26(28,29)33-21/h1-10,13,19,22H,11-12,14H2,(H,30,31). The Hall–Kier alpha value is -3.32. The highest BCUT2D eigenvalue weighted by molar-refractivity contribution is 6.31. The number of fused-ring (bicyclic) bond motifs is 2. The number of carbonyl (C=O) groups excluding carboxylic acids is 1. The molecule has 1 fully saturated rings. The summed E-state index contributed by atoms with van der Waals surface area (Å²) in [5.74, 6) is 0.444. The normalized spacial score (nSPS) is 22.9. The Balaban J connectivity index is 1.28. The van der Waals surface area contributed by atoms with E-state index in [0.29, 0.717) is 35.6 Å². The van der Waals surface area contributed by atoms with Crippen molar-refractivity contribution in [2.24, 2.45) is 0 Å². The maximum Gasteiger partial charge on any atom is 0.586 e. The van der Waals surface area contributed by atoms with Crippen LogP contribution >= 0.6 is 11.6 Å². The number of nitrogens with one attached hydrogen (secondary N) is 1. The fraction of sp³-hybridized carbons (Fsp3) is 0.269. The molecular weight excluding hydrogens is 464 g/mol. The molecule has 2 aliphatic heterocycles. The number of hydrogen-bond donors (Lipinski definition) is 1. The molecule has 0 aromatic heterocycles. The number of ether oxygens (including phenoxy) is 3. The molecule has 2 heterocycles. The molecule has 174 valence electrons. The summed E-state index contributed by atoms with van der Waals surface area (Å²) in [6, 6.07) is 19.4. The van der Waals surface area contributed by atoms with Crippen LogP contribution in [-0.4, -0.2) is 12.2 Å². The smallest absolute Gasteiger partial charge is 0.485 e. The Morgan fingerprint density at radius 2 is 1.62 bits per heavy atom. The second-order valence-corrected chi connectivity index (χ2v) is 9.25. The van der Waals surface area contributed by atoms with Crippen LogP contribution in [0.2, 0.25) is 5.02 Å². The zero-order valence-corrected chi connectivity index (χ0v) is 18.6. The molecule has 1 amide bonds. The minimum absolute atomic E-state index is 0.0362. The third-order valence-electron chi connectivity index (χ3n) is 6.71. The number of rotatable bonds is 4. The Bertz CT molecular complexity index is 1290. The molecule has 2 atom stereocenters. The molecule has 0 saturated heterocycles. The lowest BCUT2D eigenvalue weighted by atomic mass is 9.90. The Morgan fingerprint density at radius 1 is 0.912 bits per heavy atom. The van der Waals surface area contributed by atoms with Gasteiger partial charge in [-0.2, -0.15) is 0 Å². The number of para-hydroxylation sites is 1. The largest absolute Gasteiger partial charge is 0.586 e. The summed E-state index contributed by atoms with van der Waals surface area (Å²) in [5, 5.41) is 3.80. The van der Waals surface area contributed by atoms with Crippen LogP contribution in [0.15, 0.2) is 66.7 Å². The van der Waals surface area contributed by atoms with Crippen LogP contribution in [0.3, 0.4) is 0 Å². The number of amides is 1. The highest BCUT2D eigenvalue weighted by Crippen LogP contribution is 2.52. The van der Waals surface area contributed by atoms with Crippen LogP contribution < -0.4 is 19.5 Å². The van der Waals surface area contributed by atoms with E-state index in [-0.39, 0.29) is 29.6 Å². The van der Waals surface area contributed by atoms with Gasteiger partial charge in [-0.1, -0.05) is 54.1 Å². The molecule has 8 heteroatoms. The molecule has 0 spiro atoms. The Labute approximate surface area is 199 Å². The average Bonchev–Trinajstić information content (AvgIpc) is 3.56. The van der Waals surface area contributed by atoms with Gasteiger partial charge in [0.1, 0.15) is 11.9 Å². The van der Waals surface area contributed by atoms with Gasteiger partial charge in [0, 0.05) is 22.6 Å². The van der Waals surface area contributed by atoms with Crippen molar-refractivity contribution < 1.29 is 27.8 Å². The molecule has 3 aromatic carbocycles. The van der Waals surface area contributed by atoms with E-state index in [0.717, 1.165) is 11.1 Å². The number of carbonyl (C=O) groups is 1.